The second-order valence-corrected chi connectivity index (χ2v) is 4.85. The Labute approximate surface area is 129 Å². The second kappa shape index (κ2) is 6.68. The van der Waals surface area contributed by atoms with Gasteiger partial charge in [0.25, 0.3) is 0 Å². The molecule has 3 aromatic carbocycles. The van der Waals surface area contributed by atoms with E-state index in [4.69, 9.17) is 0 Å². The highest BCUT2D eigenvalue weighted by Crippen LogP contribution is 2.20. The molecule has 0 aromatic heterocycles. The first kappa shape index (κ1) is 14.0. The summed E-state index contributed by atoms with van der Waals surface area (Å²) in [5.74, 6) is -0.242. The van der Waals surface area contributed by atoms with Gasteiger partial charge in [0.15, 0.2) is 0 Å². The fraction of sp³-hybridized carbons (Fsp3) is 0. The van der Waals surface area contributed by atoms with Gasteiger partial charge in [-0.15, -0.1) is 0 Å². The first-order chi connectivity index (χ1) is 10.8. The molecule has 22 heavy (non-hydrogen) atoms. The molecule has 0 radical (unpaired) electrons. The van der Waals surface area contributed by atoms with Crippen molar-refractivity contribution in [2.24, 2.45) is 4.99 Å². The van der Waals surface area contributed by atoms with Gasteiger partial charge < -0.3 is 5.32 Å². The first-order valence-corrected chi connectivity index (χ1v) is 7.01. The van der Waals surface area contributed by atoms with Crippen molar-refractivity contribution in [1.29, 1.82) is 0 Å². The molecule has 0 aliphatic heterocycles. The Morgan fingerprint density at radius 1 is 0.727 bits per heavy atom. The maximum Gasteiger partial charge on any atom is 0.123 e. The van der Waals surface area contributed by atoms with Crippen molar-refractivity contribution in [2.75, 3.05) is 5.32 Å². The van der Waals surface area contributed by atoms with Crippen LogP contribution in [0.15, 0.2) is 83.9 Å². The zero-order valence-corrected chi connectivity index (χ0v) is 11.9. The van der Waals surface area contributed by atoms with Crippen molar-refractivity contribution in [3.8, 4) is 0 Å². The maximum absolute atomic E-state index is 12.8. The van der Waals surface area contributed by atoms with E-state index in [0.29, 0.717) is 0 Å². The van der Waals surface area contributed by atoms with Crippen LogP contribution in [0.5, 0.6) is 0 Å². The van der Waals surface area contributed by atoms with Crippen LogP contribution in [0.4, 0.5) is 21.5 Å². The van der Waals surface area contributed by atoms with Gasteiger partial charge in [0, 0.05) is 17.6 Å². The average molecular weight is 290 g/mol. The molecule has 108 valence electrons. The third kappa shape index (κ3) is 3.79. The Morgan fingerprint density at radius 2 is 1.36 bits per heavy atom. The van der Waals surface area contributed by atoms with Crippen molar-refractivity contribution in [2.45, 2.75) is 0 Å². The smallest absolute Gasteiger partial charge is 0.123 e. The molecule has 0 aliphatic rings. The summed E-state index contributed by atoms with van der Waals surface area (Å²) in [6.07, 6.45) is 1.72. The van der Waals surface area contributed by atoms with Crippen LogP contribution in [-0.4, -0.2) is 6.21 Å². The van der Waals surface area contributed by atoms with E-state index >= 15 is 0 Å². The van der Waals surface area contributed by atoms with E-state index in [0.717, 1.165) is 22.6 Å². The molecule has 0 atom stereocenters. The fourth-order valence-electron chi connectivity index (χ4n) is 2.02. The first-order valence-electron chi connectivity index (χ1n) is 7.01. The van der Waals surface area contributed by atoms with Crippen LogP contribution in [0.2, 0.25) is 0 Å². The molecule has 0 bridgehead atoms. The lowest BCUT2D eigenvalue weighted by Gasteiger charge is -2.06. The average Bonchev–Trinajstić information content (AvgIpc) is 2.57. The molecule has 0 spiro atoms. The number of aliphatic imine (C=N–C) groups is 1. The highest BCUT2D eigenvalue weighted by molar-refractivity contribution is 5.82. The molecular weight excluding hydrogens is 275 g/mol. The van der Waals surface area contributed by atoms with E-state index in [-0.39, 0.29) is 5.82 Å². The molecule has 0 saturated carbocycles. The van der Waals surface area contributed by atoms with Gasteiger partial charge in [-0.2, -0.15) is 0 Å². The highest BCUT2D eigenvalue weighted by Gasteiger charge is 1.95. The molecule has 0 fully saturated rings. The van der Waals surface area contributed by atoms with Crippen LogP contribution >= 0.6 is 0 Å². The topological polar surface area (TPSA) is 24.4 Å². The second-order valence-electron chi connectivity index (χ2n) is 4.85. The summed E-state index contributed by atoms with van der Waals surface area (Å²) in [6.45, 7) is 0. The summed E-state index contributed by atoms with van der Waals surface area (Å²) < 4.78 is 12.8. The normalized spacial score (nSPS) is 10.8. The standard InChI is InChI=1S/C19H15FN2/c20-16-8-6-15(7-9-16)14-21-17-10-12-19(13-11-17)22-18-4-2-1-3-5-18/h1-14,22H. The van der Waals surface area contributed by atoms with Crippen LogP contribution in [0.3, 0.4) is 0 Å². The Morgan fingerprint density at radius 3 is 2.05 bits per heavy atom. The Hall–Kier alpha value is -2.94. The van der Waals surface area contributed by atoms with E-state index in [9.17, 15) is 4.39 Å². The Bertz CT molecular complexity index is 748. The molecule has 0 aliphatic carbocycles. The molecule has 0 saturated heterocycles. The van der Waals surface area contributed by atoms with Crippen LogP contribution < -0.4 is 5.32 Å². The van der Waals surface area contributed by atoms with Crippen molar-refractivity contribution in [1.82, 2.24) is 0 Å². The Kier molecular flexibility index (Phi) is 4.25. The van der Waals surface area contributed by atoms with Crippen molar-refractivity contribution < 1.29 is 4.39 Å². The number of hydrogen-bond acceptors (Lipinski definition) is 2. The molecule has 3 rings (SSSR count). The van der Waals surface area contributed by atoms with Crippen molar-refractivity contribution in [3.05, 3.63) is 90.2 Å². The Balaban J connectivity index is 1.67. The number of nitrogens with one attached hydrogen (secondary N) is 1. The zero-order chi connectivity index (χ0) is 15.2. The predicted octanol–water partition coefficient (Wildman–Crippen LogP) is 5.32. The van der Waals surface area contributed by atoms with Gasteiger partial charge in [-0.1, -0.05) is 30.3 Å². The molecule has 0 heterocycles. The van der Waals surface area contributed by atoms with E-state index in [2.05, 4.69) is 10.3 Å². The van der Waals surface area contributed by atoms with Crippen molar-refractivity contribution in [3.63, 3.8) is 0 Å². The number of halogens is 1. The number of rotatable bonds is 4. The van der Waals surface area contributed by atoms with Gasteiger partial charge in [-0.05, 0) is 54.1 Å². The van der Waals surface area contributed by atoms with Crippen LogP contribution in [0.25, 0.3) is 0 Å². The monoisotopic (exact) mass is 290 g/mol. The van der Waals surface area contributed by atoms with Gasteiger partial charge in [0.05, 0.1) is 5.69 Å². The van der Waals surface area contributed by atoms with Gasteiger partial charge >= 0.3 is 0 Å². The summed E-state index contributed by atoms with van der Waals surface area (Å²) in [7, 11) is 0. The number of nitrogens with zero attached hydrogens (tertiary/aromatic N) is 1. The molecule has 0 amide bonds. The van der Waals surface area contributed by atoms with Gasteiger partial charge in [-0.25, -0.2) is 4.39 Å². The third-order valence-corrected chi connectivity index (χ3v) is 3.16. The van der Waals surface area contributed by atoms with Crippen LogP contribution in [-0.2, 0) is 0 Å². The maximum atomic E-state index is 12.8. The number of anilines is 2. The predicted molar refractivity (Wildman–Crippen MR) is 89.8 cm³/mol. The van der Waals surface area contributed by atoms with Gasteiger partial charge in [0.1, 0.15) is 5.82 Å². The molecular formula is C19H15FN2. The zero-order valence-electron chi connectivity index (χ0n) is 11.9. The lowest BCUT2D eigenvalue weighted by atomic mass is 10.2. The van der Waals surface area contributed by atoms with Crippen molar-refractivity contribution >= 4 is 23.3 Å². The summed E-state index contributed by atoms with van der Waals surface area (Å²) >= 11 is 0. The molecule has 1 N–H and O–H groups in total. The molecule has 2 nitrogen and oxygen atoms in total. The SMILES string of the molecule is Fc1ccc(C=Nc2ccc(Nc3ccccc3)cc2)cc1. The highest BCUT2D eigenvalue weighted by atomic mass is 19.1. The molecule has 3 heteroatoms. The number of hydrogen-bond donors (Lipinski definition) is 1. The minimum atomic E-state index is -0.242. The lowest BCUT2D eigenvalue weighted by molar-refractivity contribution is 0.628. The summed E-state index contributed by atoms with van der Waals surface area (Å²) in [5, 5.41) is 3.32. The van der Waals surface area contributed by atoms with Gasteiger partial charge in [-0.3, -0.25) is 4.99 Å². The summed E-state index contributed by atoms with van der Waals surface area (Å²) in [6, 6.07) is 24.1. The summed E-state index contributed by atoms with van der Waals surface area (Å²) in [4.78, 5) is 4.38. The number of para-hydroxylation sites is 1. The largest absolute Gasteiger partial charge is 0.356 e. The van der Waals surface area contributed by atoms with E-state index in [1.54, 1.807) is 18.3 Å². The van der Waals surface area contributed by atoms with E-state index in [1.165, 1.54) is 12.1 Å². The van der Waals surface area contributed by atoms with Gasteiger partial charge in [0.2, 0.25) is 0 Å². The number of benzene rings is 3. The third-order valence-electron chi connectivity index (χ3n) is 3.16. The molecule has 0 unspecified atom stereocenters. The van der Waals surface area contributed by atoms with E-state index < -0.39 is 0 Å². The lowest BCUT2D eigenvalue weighted by Crippen LogP contribution is -1.88. The van der Waals surface area contributed by atoms with Crippen LogP contribution in [0, 0.1) is 5.82 Å². The molecule has 3 aromatic rings. The van der Waals surface area contributed by atoms with E-state index in [1.807, 2.05) is 54.6 Å². The van der Waals surface area contributed by atoms with Crippen LogP contribution in [0.1, 0.15) is 5.56 Å². The minimum Gasteiger partial charge on any atom is -0.356 e. The fourth-order valence-corrected chi connectivity index (χ4v) is 2.02. The summed E-state index contributed by atoms with van der Waals surface area (Å²) in [5.41, 5.74) is 3.77. The quantitative estimate of drug-likeness (QED) is 0.646. The minimum absolute atomic E-state index is 0.242.